The lowest BCUT2D eigenvalue weighted by Crippen LogP contribution is -2.42. The Bertz CT molecular complexity index is 626. The van der Waals surface area contributed by atoms with Crippen LogP contribution >= 0.6 is 0 Å². The molecule has 0 spiro atoms. The van der Waals surface area contributed by atoms with Crippen molar-refractivity contribution in [2.45, 2.75) is 33.1 Å². The molecule has 0 aliphatic carbocycles. The van der Waals surface area contributed by atoms with Crippen LogP contribution < -0.4 is 5.32 Å². The normalized spacial score (nSPS) is 18.4. The molecule has 1 fully saturated rings. The molecule has 6 heteroatoms. The van der Waals surface area contributed by atoms with E-state index in [0.717, 1.165) is 29.7 Å². The van der Waals surface area contributed by atoms with Crippen molar-refractivity contribution in [3.63, 3.8) is 0 Å². The average Bonchev–Trinajstić information content (AvgIpc) is 2.43. The molecule has 2 rings (SSSR count). The van der Waals surface area contributed by atoms with Crippen LogP contribution in [0.5, 0.6) is 0 Å². The zero-order valence-electron chi connectivity index (χ0n) is 12.6. The molecule has 0 unspecified atom stereocenters. The predicted octanol–water partition coefficient (Wildman–Crippen LogP) is 1.92. The summed E-state index contributed by atoms with van der Waals surface area (Å²) in [5.41, 5.74) is 2.86. The molecular weight excluding hydrogens is 288 g/mol. The number of aryl methyl sites for hydroxylation is 2. The molecule has 21 heavy (non-hydrogen) atoms. The molecule has 1 amide bonds. The Kier molecular flexibility index (Phi) is 5.00. The van der Waals surface area contributed by atoms with Gasteiger partial charge in [0.15, 0.2) is 0 Å². The van der Waals surface area contributed by atoms with Crippen LogP contribution in [-0.2, 0) is 21.2 Å². The number of anilines is 1. The van der Waals surface area contributed by atoms with E-state index in [-0.39, 0.29) is 18.2 Å². The maximum Gasteiger partial charge on any atom is 0.239 e. The Morgan fingerprint density at radius 3 is 2.76 bits per heavy atom. The minimum Gasteiger partial charge on any atom is -0.324 e. The summed E-state index contributed by atoms with van der Waals surface area (Å²) in [6.45, 7) is 4.30. The number of sulfonamides is 1. The lowest BCUT2D eigenvalue weighted by atomic mass is 10.1. The molecule has 0 atom stereocenters. The standard InChI is InChI=1S/C15H22N2O3S/c1-3-13-8-6-7-12(2)15(13)16-14(18)11-17-9-4-5-10-21(17,19)20/h6-8H,3-5,9-11H2,1-2H3,(H,16,18). The molecule has 1 saturated heterocycles. The lowest BCUT2D eigenvalue weighted by Gasteiger charge is -2.25. The number of carbonyl (C=O) groups excluding carboxylic acids is 1. The second kappa shape index (κ2) is 6.58. The van der Waals surface area contributed by atoms with Crippen LogP contribution in [0.4, 0.5) is 5.69 Å². The second-order valence-corrected chi connectivity index (χ2v) is 7.46. The highest BCUT2D eigenvalue weighted by molar-refractivity contribution is 7.89. The number of hydrogen-bond acceptors (Lipinski definition) is 3. The number of rotatable bonds is 4. The van der Waals surface area contributed by atoms with Gasteiger partial charge >= 0.3 is 0 Å². The van der Waals surface area contributed by atoms with Gasteiger partial charge in [-0.25, -0.2) is 8.42 Å². The van der Waals surface area contributed by atoms with E-state index in [1.807, 2.05) is 32.0 Å². The number of benzene rings is 1. The molecule has 116 valence electrons. The third kappa shape index (κ3) is 3.83. The predicted molar refractivity (Wildman–Crippen MR) is 83.8 cm³/mol. The van der Waals surface area contributed by atoms with Gasteiger partial charge in [0.25, 0.3) is 0 Å². The average molecular weight is 310 g/mol. The number of nitrogens with one attached hydrogen (secondary N) is 1. The monoisotopic (exact) mass is 310 g/mol. The maximum absolute atomic E-state index is 12.2. The van der Waals surface area contributed by atoms with Gasteiger partial charge in [-0.3, -0.25) is 4.79 Å². The van der Waals surface area contributed by atoms with Gasteiger partial charge < -0.3 is 5.32 Å². The minimum absolute atomic E-state index is 0.0974. The van der Waals surface area contributed by atoms with Crippen LogP contribution in [0.1, 0.15) is 30.9 Å². The molecule has 1 aromatic rings. The van der Waals surface area contributed by atoms with Crippen LogP contribution in [0.3, 0.4) is 0 Å². The van der Waals surface area contributed by atoms with E-state index < -0.39 is 10.0 Å². The summed E-state index contributed by atoms with van der Waals surface area (Å²) in [6.07, 6.45) is 2.31. The molecule has 0 bridgehead atoms. The quantitative estimate of drug-likeness (QED) is 0.924. The van der Waals surface area contributed by atoms with E-state index in [9.17, 15) is 13.2 Å². The molecular formula is C15H22N2O3S. The van der Waals surface area contributed by atoms with Gasteiger partial charge in [-0.15, -0.1) is 0 Å². The van der Waals surface area contributed by atoms with Gasteiger partial charge in [0.2, 0.25) is 15.9 Å². The maximum atomic E-state index is 12.2. The third-order valence-electron chi connectivity index (χ3n) is 3.78. The van der Waals surface area contributed by atoms with E-state index in [1.165, 1.54) is 4.31 Å². The zero-order chi connectivity index (χ0) is 15.5. The fourth-order valence-electron chi connectivity index (χ4n) is 2.56. The molecule has 1 heterocycles. The van der Waals surface area contributed by atoms with E-state index in [4.69, 9.17) is 0 Å². The smallest absolute Gasteiger partial charge is 0.239 e. The Morgan fingerprint density at radius 2 is 2.10 bits per heavy atom. The summed E-state index contributed by atoms with van der Waals surface area (Å²) in [7, 11) is -3.26. The summed E-state index contributed by atoms with van der Waals surface area (Å²) >= 11 is 0. The van der Waals surface area contributed by atoms with Crippen LogP contribution in [0.25, 0.3) is 0 Å². The van der Waals surface area contributed by atoms with Gasteiger partial charge in [0.05, 0.1) is 12.3 Å². The molecule has 0 radical (unpaired) electrons. The first kappa shape index (κ1) is 16.0. The fraction of sp³-hybridized carbons (Fsp3) is 0.533. The molecule has 1 aliphatic heterocycles. The first-order valence-electron chi connectivity index (χ1n) is 7.30. The minimum atomic E-state index is -3.26. The van der Waals surface area contributed by atoms with E-state index in [2.05, 4.69) is 5.32 Å². The number of hydrogen-bond donors (Lipinski definition) is 1. The van der Waals surface area contributed by atoms with Crippen molar-refractivity contribution in [2.24, 2.45) is 0 Å². The van der Waals surface area contributed by atoms with Crippen molar-refractivity contribution in [2.75, 3.05) is 24.2 Å². The molecule has 1 N–H and O–H groups in total. The van der Waals surface area contributed by atoms with E-state index in [0.29, 0.717) is 13.0 Å². The summed E-state index contributed by atoms with van der Waals surface area (Å²) in [5, 5.41) is 2.87. The van der Waals surface area contributed by atoms with Crippen molar-refractivity contribution in [3.05, 3.63) is 29.3 Å². The summed E-state index contributed by atoms with van der Waals surface area (Å²) in [6, 6.07) is 5.87. The summed E-state index contributed by atoms with van der Waals surface area (Å²) in [4.78, 5) is 12.2. The summed E-state index contributed by atoms with van der Waals surface area (Å²) < 4.78 is 25.1. The van der Waals surface area contributed by atoms with Gasteiger partial charge in [-0.1, -0.05) is 25.1 Å². The fourth-order valence-corrected chi connectivity index (χ4v) is 4.11. The van der Waals surface area contributed by atoms with Crippen LogP contribution in [0, 0.1) is 6.92 Å². The van der Waals surface area contributed by atoms with Crippen molar-refractivity contribution >= 4 is 21.6 Å². The molecule has 5 nitrogen and oxygen atoms in total. The van der Waals surface area contributed by atoms with Crippen LogP contribution in [0.2, 0.25) is 0 Å². The molecule has 0 saturated carbocycles. The van der Waals surface area contributed by atoms with Gasteiger partial charge in [-0.2, -0.15) is 4.31 Å². The van der Waals surface area contributed by atoms with Crippen LogP contribution in [0.15, 0.2) is 18.2 Å². The van der Waals surface area contributed by atoms with Crippen molar-refractivity contribution in [1.29, 1.82) is 0 Å². The zero-order valence-corrected chi connectivity index (χ0v) is 13.4. The Labute approximate surface area is 126 Å². The van der Waals surface area contributed by atoms with Crippen molar-refractivity contribution in [3.8, 4) is 0 Å². The van der Waals surface area contributed by atoms with Gasteiger partial charge in [0.1, 0.15) is 0 Å². The largest absolute Gasteiger partial charge is 0.324 e. The topological polar surface area (TPSA) is 66.5 Å². The first-order valence-corrected chi connectivity index (χ1v) is 8.91. The first-order chi connectivity index (χ1) is 9.94. The number of carbonyl (C=O) groups is 1. The molecule has 0 aromatic heterocycles. The number of para-hydroxylation sites is 1. The van der Waals surface area contributed by atoms with Crippen molar-refractivity contribution in [1.82, 2.24) is 4.31 Å². The lowest BCUT2D eigenvalue weighted by molar-refractivity contribution is -0.116. The number of nitrogens with zero attached hydrogens (tertiary/aromatic N) is 1. The number of amides is 1. The van der Waals surface area contributed by atoms with E-state index in [1.54, 1.807) is 0 Å². The van der Waals surface area contributed by atoms with Crippen molar-refractivity contribution < 1.29 is 13.2 Å². The Hall–Kier alpha value is -1.40. The third-order valence-corrected chi connectivity index (χ3v) is 5.68. The Balaban J connectivity index is 2.09. The highest BCUT2D eigenvalue weighted by Crippen LogP contribution is 2.21. The van der Waals surface area contributed by atoms with Crippen LogP contribution in [-0.4, -0.2) is 37.5 Å². The van der Waals surface area contributed by atoms with E-state index >= 15 is 0 Å². The molecule has 1 aromatic carbocycles. The SMILES string of the molecule is CCc1cccc(C)c1NC(=O)CN1CCCCS1(=O)=O. The Morgan fingerprint density at radius 1 is 1.33 bits per heavy atom. The highest BCUT2D eigenvalue weighted by Gasteiger charge is 2.27. The summed E-state index contributed by atoms with van der Waals surface area (Å²) in [5.74, 6) is -0.130. The van der Waals surface area contributed by atoms with Gasteiger partial charge in [0, 0.05) is 12.2 Å². The highest BCUT2D eigenvalue weighted by atomic mass is 32.2. The second-order valence-electron chi connectivity index (χ2n) is 5.37. The van der Waals surface area contributed by atoms with Gasteiger partial charge in [-0.05, 0) is 37.3 Å². The molecule has 1 aliphatic rings.